The fourth-order valence-corrected chi connectivity index (χ4v) is 5.30. The van der Waals surface area contributed by atoms with Gasteiger partial charge < -0.3 is 15.2 Å². The van der Waals surface area contributed by atoms with Gasteiger partial charge in [0, 0.05) is 12.8 Å². The van der Waals surface area contributed by atoms with Crippen LogP contribution in [0.25, 0.3) is 0 Å². The molecule has 1 amide bonds. The molecule has 6 nitrogen and oxygen atoms in total. The highest BCUT2D eigenvalue weighted by atomic mass is 16.5. The monoisotopic (exact) mass is 620 g/mol. The highest BCUT2D eigenvalue weighted by molar-refractivity contribution is 5.80. The molecule has 0 rings (SSSR count). The van der Waals surface area contributed by atoms with Crippen molar-refractivity contribution < 1.29 is 24.2 Å². The predicted octanol–water partition coefficient (Wildman–Crippen LogP) is 10.8. The van der Waals surface area contributed by atoms with Gasteiger partial charge in [0.15, 0.2) is 0 Å². The first-order valence-electron chi connectivity index (χ1n) is 18.5. The quantitative estimate of drug-likeness (QED) is 0.0433. The number of aliphatic carboxylic acids is 1. The molecule has 6 heteroatoms. The fourth-order valence-electron chi connectivity index (χ4n) is 5.30. The van der Waals surface area contributed by atoms with Crippen LogP contribution in [0.3, 0.4) is 0 Å². The van der Waals surface area contributed by atoms with Gasteiger partial charge >= 0.3 is 11.9 Å². The van der Waals surface area contributed by atoms with E-state index >= 15 is 0 Å². The molecule has 0 fully saturated rings. The average molecular weight is 620 g/mol. The normalized spacial score (nSPS) is 12.2. The zero-order chi connectivity index (χ0) is 32.4. The van der Waals surface area contributed by atoms with Crippen LogP contribution in [0.2, 0.25) is 0 Å². The van der Waals surface area contributed by atoms with Gasteiger partial charge in [0.2, 0.25) is 5.91 Å². The third-order valence-electron chi connectivity index (χ3n) is 8.08. The summed E-state index contributed by atoms with van der Waals surface area (Å²) >= 11 is 0. The SMILES string of the molecule is CCCCCCCC/C=C\CCCCCCCC(=O)OC(/C=C\CCCCCCCC)CCCCCCC(=O)NCC(=O)O. The number of carbonyl (C=O) groups is 3. The number of nitrogens with one attached hydrogen (secondary N) is 1. The van der Waals surface area contributed by atoms with Crippen molar-refractivity contribution >= 4 is 17.8 Å². The van der Waals surface area contributed by atoms with E-state index in [4.69, 9.17) is 9.84 Å². The van der Waals surface area contributed by atoms with Crippen molar-refractivity contribution in [3.05, 3.63) is 24.3 Å². The molecule has 0 bridgehead atoms. The second-order valence-electron chi connectivity index (χ2n) is 12.5. The average Bonchev–Trinajstić information content (AvgIpc) is 3.00. The van der Waals surface area contributed by atoms with Gasteiger partial charge in [-0.3, -0.25) is 14.4 Å². The maximum atomic E-state index is 12.6. The van der Waals surface area contributed by atoms with E-state index in [1.807, 2.05) is 0 Å². The van der Waals surface area contributed by atoms with Crippen LogP contribution in [0.4, 0.5) is 0 Å². The number of carbonyl (C=O) groups excluding carboxylic acids is 2. The first-order chi connectivity index (χ1) is 21.5. The minimum atomic E-state index is -1.03. The number of hydrogen-bond donors (Lipinski definition) is 2. The summed E-state index contributed by atoms with van der Waals surface area (Å²) in [6, 6.07) is 0. The summed E-state index contributed by atoms with van der Waals surface area (Å²) in [5.74, 6) is -1.33. The molecule has 256 valence electrons. The zero-order valence-electron chi connectivity index (χ0n) is 28.8. The molecule has 0 radical (unpaired) electrons. The zero-order valence-corrected chi connectivity index (χ0v) is 28.8. The van der Waals surface area contributed by atoms with Crippen LogP contribution in [-0.4, -0.2) is 35.6 Å². The number of unbranched alkanes of at least 4 members (excludes halogenated alkanes) is 20. The standard InChI is InChI=1S/C38H69NO5/c1-3-5-7-9-11-13-14-15-16-17-18-19-21-23-29-33-38(43)44-35(30-26-22-20-12-10-8-6-4-2)31-27-24-25-28-32-36(40)39-34-37(41)42/h15-16,26,30,35H,3-14,17-25,27-29,31-34H2,1-2H3,(H,39,40)(H,41,42)/b16-15-,30-26-. The van der Waals surface area contributed by atoms with Gasteiger partial charge in [0.1, 0.15) is 12.6 Å². The van der Waals surface area contributed by atoms with Crippen molar-refractivity contribution in [2.75, 3.05) is 6.54 Å². The maximum Gasteiger partial charge on any atom is 0.322 e. The van der Waals surface area contributed by atoms with E-state index in [1.54, 1.807) is 0 Å². The lowest BCUT2D eigenvalue weighted by Gasteiger charge is -2.15. The van der Waals surface area contributed by atoms with Gasteiger partial charge in [0.05, 0.1) is 0 Å². The molecule has 0 aromatic rings. The van der Waals surface area contributed by atoms with Crippen LogP contribution in [0.1, 0.15) is 187 Å². The molecule has 1 atom stereocenters. The Labute approximate surface area is 271 Å². The Morgan fingerprint density at radius 3 is 1.59 bits per heavy atom. The lowest BCUT2D eigenvalue weighted by Crippen LogP contribution is -2.28. The first kappa shape index (κ1) is 41.9. The summed E-state index contributed by atoms with van der Waals surface area (Å²) in [5.41, 5.74) is 0. The third-order valence-corrected chi connectivity index (χ3v) is 8.08. The maximum absolute atomic E-state index is 12.6. The molecule has 0 aliphatic carbocycles. The Morgan fingerprint density at radius 2 is 1.05 bits per heavy atom. The highest BCUT2D eigenvalue weighted by Gasteiger charge is 2.12. The van der Waals surface area contributed by atoms with Gasteiger partial charge in [-0.2, -0.15) is 0 Å². The second-order valence-corrected chi connectivity index (χ2v) is 12.5. The Balaban J connectivity index is 4.15. The number of amides is 1. The van der Waals surface area contributed by atoms with E-state index in [9.17, 15) is 14.4 Å². The molecular formula is C38H69NO5. The summed E-state index contributed by atoms with van der Waals surface area (Å²) < 4.78 is 5.87. The molecule has 0 aromatic heterocycles. The molecule has 1 unspecified atom stereocenters. The van der Waals surface area contributed by atoms with E-state index in [0.717, 1.165) is 51.4 Å². The number of allylic oxidation sites excluding steroid dienone is 3. The van der Waals surface area contributed by atoms with Crippen molar-refractivity contribution in [2.24, 2.45) is 0 Å². The van der Waals surface area contributed by atoms with Crippen molar-refractivity contribution in [1.29, 1.82) is 0 Å². The molecule has 0 heterocycles. The Morgan fingerprint density at radius 1 is 0.591 bits per heavy atom. The molecule has 0 aromatic carbocycles. The Hall–Kier alpha value is -2.11. The number of esters is 1. The second kappa shape index (κ2) is 33.8. The lowest BCUT2D eigenvalue weighted by atomic mass is 10.1. The minimum absolute atomic E-state index is 0.0908. The molecule has 0 saturated carbocycles. The molecule has 0 aliphatic heterocycles. The molecule has 0 spiro atoms. The van der Waals surface area contributed by atoms with E-state index in [1.165, 1.54) is 109 Å². The van der Waals surface area contributed by atoms with Crippen molar-refractivity contribution in [3.63, 3.8) is 0 Å². The number of carboxylic acids is 1. The molecule has 2 N–H and O–H groups in total. The van der Waals surface area contributed by atoms with Crippen LogP contribution >= 0.6 is 0 Å². The number of rotatable bonds is 33. The van der Waals surface area contributed by atoms with Crippen LogP contribution < -0.4 is 5.32 Å². The van der Waals surface area contributed by atoms with Crippen LogP contribution in [0.15, 0.2) is 24.3 Å². The van der Waals surface area contributed by atoms with E-state index in [0.29, 0.717) is 12.8 Å². The van der Waals surface area contributed by atoms with Gasteiger partial charge in [-0.15, -0.1) is 0 Å². The summed E-state index contributed by atoms with van der Waals surface area (Å²) in [4.78, 5) is 34.8. The molecule has 44 heavy (non-hydrogen) atoms. The third kappa shape index (κ3) is 32.8. The predicted molar refractivity (Wildman–Crippen MR) is 185 cm³/mol. The summed E-state index contributed by atoms with van der Waals surface area (Å²) in [7, 11) is 0. The topological polar surface area (TPSA) is 92.7 Å². The number of ether oxygens (including phenoxy) is 1. The Bertz CT molecular complexity index is 733. The van der Waals surface area contributed by atoms with Gasteiger partial charge in [-0.1, -0.05) is 128 Å². The largest absolute Gasteiger partial charge is 0.480 e. The molecule has 0 saturated heterocycles. The van der Waals surface area contributed by atoms with Crippen LogP contribution in [-0.2, 0) is 19.1 Å². The van der Waals surface area contributed by atoms with E-state index in [-0.39, 0.29) is 24.5 Å². The fraction of sp³-hybridized carbons (Fsp3) is 0.816. The van der Waals surface area contributed by atoms with E-state index < -0.39 is 5.97 Å². The van der Waals surface area contributed by atoms with Crippen molar-refractivity contribution in [2.45, 2.75) is 193 Å². The van der Waals surface area contributed by atoms with Crippen LogP contribution in [0, 0.1) is 0 Å². The van der Waals surface area contributed by atoms with Crippen LogP contribution in [0.5, 0.6) is 0 Å². The van der Waals surface area contributed by atoms with Gasteiger partial charge in [0.25, 0.3) is 0 Å². The van der Waals surface area contributed by atoms with Crippen molar-refractivity contribution in [1.82, 2.24) is 5.32 Å². The van der Waals surface area contributed by atoms with Crippen molar-refractivity contribution in [3.8, 4) is 0 Å². The first-order valence-corrected chi connectivity index (χ1v) is 18.5. The molecular weight excluding hydrogens is 550 g/mol. The number of hydrogen-bond acceptors (Lipinski definition) is 4. The molecule has 0 aliphatic rings. The minimum Gasteiger partial charge on any atom is -0.480 e. The van der Waals surface area contributed by atoms with Gasteiger partial charge in [-0.25, -0.2) is 0 Å². The summed E-state index contributed by atoms with van der Waals surface area (Å²) in [6.07, 6.45) is 38.8. The van der Waals surface area contributed by atoms with E-state index in [2.05, 4.69) is 43.5 Å². The number of carboxylic acid groups (broad SMARTS) is 1. The highest BCUT2D eigenvalue weighted by Crippen LogP contribution is 2.15. The summed E-state index contributed by atoms with van der Waals surface area (Å²) in [5, 5.41) is 11.0. The smallest absolute Gasteiger partial charge is 0.322 e. The lowest BCUT2D eigenvalue weighted by molar-refractivity contribution is -0.147. The summed E-state index contributed by atoms with van der Waals surface area (Å²) in [6.45, 7) is 4.18. The Kier molecular flexibility index (Phi) is 32.2. The van der Waals surface area contributed by atoms with Gasteiger partial charge in [-0.05, 0) is 70.3 Å².